The van der Waals surface area contributed by atoms with Crippen LogP contribution < -0.4 is 10.6 Å². The molecule has 0 spiro atoms. The number of amides is 1. The number of benzene rings is 1. The lowest BCUT2D eigenvalue weighted by Gasteiger charge is -2.21. The number of phenolic OH excluding ortho intramolecular Hbond substituents is 1. The predicted molar refractivity (Wildman–Crippen MR) is 95.4 cm³/mol. The lowest BCUT2D eigenvalue weighted by Crippen LogP contribution is -2.19. The van der Waals surface area contributed by atoms with Crippen molar-refractivity contribution >= 4 is 23.1 Å². The van der Waals surface area contributed by atoms with Crippen LogP contribution >= 0.6 is 0 Å². The molecule has 1 saturated carbocycles. The Hall–Kier alpha value is -2.56. The van der Waals surface area contributed by atoms with Crippen LogP contribution in [0.25, 0.3) is 0 Å². The van der Waals surface area contributed by atoms with Gasteiger partial charge in [-0.25, -0.2) is 4.98 Å². The van der Waals surface area contributed by atoms with E-state index >= 15 is 0 Å². The fraction of sp³-hybridized carbons (Fsp3) is 0.368. The molecule has 3 rings (SSSR count). The number of rotatable bonds is 5. The predicted octanol–water partition coefficient (Wildman–Crippen LogP) is 4.44. The fourth-order valence-electron chi connectivity index (χ4n) is 3.14. The number of pyridine rings is 1. The molecule has 1 fully saturated rings. The minimum atomic E-state index is 0.0451. The highest BCUT2D eigenvalue weighted by Crippen LogP contribution is 2.28. The number of anilines is 3. The van der Waals surface area contributed by atoms with Gasteiger partial charge in [-0.05, 0) is 55.2 Å². The Labute approximate surface area is 142 Å². The van der Waals surface area contributed by atoms with E-state index in [1.54, 1.807) is 36.5 Å². The molecule has 1 aromatic carbocycles. The van der Waals surface area contributed by atoms with Crippen LogP contribution in [0, 0.1) is 5.92 Å². The number of nitrogens with zero attached hydrogens (tertiary/aromatic N) is 1. The molecule has 24 heavy (non-hydrogen) atoms. The van der Waals surface area contributed by atoms with Crippen molar-refractivity contribution in [1.29, 1.82) is 0 Å². The molecule has 0 saturated heterocycles. The monoisotopic (exact) mass is 325 g/mol. The first-order valence-corrected chi connectivity index (χ1v) is 8.51. The van der Waals surface area contributed by atoms with E-state index in [1.165, 1.54) is 19.3 Å². The van der Waals surface area contributed by atoms with Gasteiger partial charge in [0.1, 0.15) is 5.75 Å². The van der Waals surface area contributed by atoms with Gasteiger partial charge in [0.05, 0.1) is 5.69 Å². The Balaban J connectivity index is 1.64. The van der Waals surface area contributed by atoms with Crippen LogP contribution in [0.5, 0.6) is 5.75 Å². The van der Waals surface area contributed by atoms with E-state index in [0.717, 1.165) is 18.5 Å². The second-order valence-corrected chi connectivity index (χ2v) is 6.33. The molecule has 3 N–H and O–H groups in total. The number of nitrogens with one attached hydrogen (secondary N) is 2. The lowest BCUT2D eigenvalue weighted by molar-refractivity contribution is -0.117. The van der Waals surface area contributed by atoms with Crippen LogP contribution in [-0.4, -0.2) is 16.0 Å². The van der Waals surface area contributed by atoms with Crippen LogP contribution in [-0.2, 0) is 4.79 Å². The molecular weight excluding hydrogens is 302 g/mol. The molecule has 0 radical (unpaired) electrons. The first-order valence-electron chi connectivity index (χ1n) is 8.51. The van der Waals surface area contributed by atoms with Crippen molar-refractivity contribution in [2.45, 2.75) is 38.5 Å². The minimum Gasteiger partial charge on any atom is -0.508 e. The SMILES string of the molecule is O=C(CC1CCCCC1)Nc1cccnc1Nc1ccc(O)cc1. The molecule has 126 valence electrons. The third-order valence-corrected chi connectivity index (χ3v) is 4.41. The summed E-state index contributed by atoms with van der Waals surface area (Å²) in [5.74, 6) is 1.36. The molecule has 1 aromatic heterocycles. The van der Waals surface area contributed by atoms with Gasteiger partial charge in [-0.15, -0.1) is 0 Å². The zero-order chi connectivity index (χ0) is 16.8. The molecular formula is C19H23N3O2. The molecule has 1 aliphatic carbocycles. The summed E-state index contributed by atoms with van der Waals surface area (Å²) in [5, 5.41) is 15.5. The summed E-state index contributed by atoms with van der Waals surface area (Å²) in [5.41, 5.74) is 1.47. The van der Waals surface area contributed by atoms with Crippen molar-refractivity contribution in [3.05, 3.63) is 42.6 Å². The largest absolute Gasteiger partial charge is 0.508 e. The van der Waals surface area contributed by atoms with Crippen LogP contribution in [0.15, 0.2) is 42.6 Å². The highest BCUT2D eigenvalue weighted by atomic mass is 16.3. The van der Waals surface area contributed by atoms with E-state index in [4.69, 9.17) is 0 Å². The van der Waals surface area contributed by atoms with E-state index in [2.05, 4.69) is 15.6 Å². The standard InChI is InChI=1S/C19H23N3O2/c23-16-10-8-15(9-11-16)21-19-17(7-4-12-20-19)22-18(24)13-14-5-2-1-3-6-14/h4,7-12,14,23H,1-3,5-6,13H2,(H,20,21)(H,22,24). The molecule has 1 amide bonds. The summed E-state index contributed by atoms with van der Waals surface area (Å²) in [6.07, 6.45) is 8.32. The maximum atomic E-state index is 12.3. The third kappa shape index (κ3) is 4.47. The Morgan fingerprint density at radius 2 is 1.88 bits per heavy atom. The molecule has 5 nitrogen and oxygen atoms in total. The van der Waals surface area contributed by atoms with Gasteiger partial charge in [-0.1, -0.05) is 19.3 Å². The Bertz CT molecular complexity index is 679. The summed E-state index contributed by atoms with van der Waals surface area (Å²) < 4.78 is 0. The zero-order valence-corrected chi connectivity index (χ0v) is 13.7. The molecule has 0 aliphatic heterocycles. The first-order chi connectivity index (χ1) is 11.7. The normalized spacial score (nSPS) is 15.0. The molecule has 1 aliphatic rings. The van der Waals surface area contributed by atoms with Gasteiger partial charge in [0.15, 0.2) is 5.82 Å². The molecule has 0 bridgehead atoms. The zero-order valence-electron chi connectivity index (χ0n) is 13.7. The highest BCUT2D eigenvalue weighted by Gasteiger charge is 2.17. The Kier molecular flexibility index (Phi) is 5.31. The highest BCUT2D eigenvalue weighted by molar-refractivity contribution is 5.94. The van der Waals surface area contributed by atoms with E-state index in [9.17, 15) is 9.90 Å². The minimum absolute atomic E-state index is 0.0451. The summed E-state index contributed by atoms with van der Waals surface area (Å²) >= 11 is 0. The van der Waals surface area contributed by atoms with Crippen LogP contribution in [0.4, 0.5) is 17.2 Å². The van der Waals surface area contributed by atoms with Gasteiger partial charge in [-0.2, -0.15) is 0 Å². The summed E-state index contributed by atoms with van der Waals surface area (Å²) in [6.45, 7) is 0. The number of phenols is 1. The lowest BCUT2D eigenvalue weighted by atomic mass is 9.87. The Morgan fingerprint density at radius 1 is 1.12 bits per heavy atom. The second kappa shape index (κ2) is 7.81. The number of carbonyl (C=O) groups excluding carboxylic acids is 1. The number of aromatic hydroxyl groups is 1. The topological polar surface area (TPSA) is 74.2 Å². The summed E-state index contributed by atoms with van der Waals surface area (Å²) in [4.78, 5) is 16.6. The average Bonchev–Trinajstić information content (AvgIpc) is 2.59. The average molecular weight is 325 g/mol. The van der Waals surface area contributed by atoms with E-state index < -0.39 is 0 Å². The van der Waals surface area contributed by atoms with E-state index in [-0.39, 0.29) is 11.7 Å². The van der Waals surface area contributed by atoms with Gasteiger partial charge in [0, 0.05) is 18.3 Å². The van der Waals surface area contributed by atoms with Crippen molar-refractivity contribution in [1.82, 2.24) is 4.98 Å². The van der Waals surface area contributed by atoms with Crippen molar-refractivity contribution in [3.63, 3.8) is 0 Å². The van der Waals surface area contributed by atoms with Crippen LogP contribution in [0.3, 0.4) is 0 Å². The van der Waals surface area contributed by atoms with Crippen LogP contribution in [0.1, 0.15) is 38.5 Å². The second-order valence-electron chi connectivity index (χ2n) is 6.33. The molecule has 0 atom stereocenters. The third-order valence-electron chi connectivity index (χ3n) is 4.41. The van der Waals surface area contributed by atoms with Gasteiger partial charge < -0.3 is 15.7 Å². The molecule has 1 heterocycles. The van der Waals surface area contributed by atoms with Crippen molar-refractivity contribution in [3.8, 4) is 5.75 Å². The maximum Gasteiger partial charge on any atom is 0.224 e. The molecule has 5 heteroatoms. The Morgan fingerprint density at radius 3 is 2.62 bits per heavy atom. The summed E-state index contributed by atoms with van der Waals surface area (Å²) in [6, 6.07) is 10.4. The first kappa shape index (κ1) is 16.3. The molecule has 0 unspecified atom stereocenters. The van der Waals surface area contributed by atoms with Gasteiger partial charge in [-0.3, -0.25) is 4.79 Å². The van der Waals surface area contributed by atoms with Crippen molar-refractivity contribution in [2.24, 2.45) is 5.92 Å². The molecule has 2 aromatic rings. The fourth-order valence-corrected chi connectivity index (χ4v) is 3.14. The number of aromatic nitrogens is 1. The van der Waals surface area contributed by atoms with Gasteiger partial charge >= 0.3 is 0 Å². The summed E-state index contributed by atoms with van der Waals surface area (Å²) in [7, 11) is 0. The number of hydrogen-bond donors (Lipinski definition) is 3. The van der Waals surface area contributed by atoms with Crippen molar-refractivity contribution < 1.29 is 9.90 Å². The van der Waals surface area contributed by atoms with E-state index in [1.807, 2.05) is 6.07 Å². The number of carbonyl (C=O) groups is 1. The van der Waals surface area contributed by atoms with E-state index in [0.29, 0.717) is 23.8 Å². The van der Waals surface area contributed by atoms with Gasteiger partial charge in [0.2, 0.25) is 5.91 Å². The quantitative estimate of drug-likeness (QED) is 0.711. The van der Waals surface area contributed by atoms with Gasteiger partial charge in [0.25, 0.3) is 0 Å². The smallest absolute Gasteiger partial charge is 0.224 e. The maximum absolute atomic E-state index is 12.3. The number of hydrogen-bond acceptors (Lipinski definition) is 4. The van der Waals surface area contributed by atoms with Crippen LogP contribution in [0.2, 0.25) is 0 Å². The van der Waals surface area contributed by atoms with Crippen molar-refractivity contribution in [2.75, 3.05) is 10.6 Å².